The molecule has 0 aromatic heterocycles. The van der Waals surface area contributed by atoms with Crippen LogP contribution in [0, 0.1) is 5.92 Å². The molecule has 0 N–H and O–H groups in total. The van der Waals surface area contributed by atoms with Crippen LogP contribution >= 0.6 is 0 Å². The SMILES string of the molecule is COc1ccc(/C=C/C2CCC=CC2c2ccc(OC)c(OC)c2)cc1OC. The average molecular weight is 380 g/mol. The summed E-state index contributed by atoms with van der Waals surface area (Å²) in [6.07, 6.45) is 11.2. The summed E-state index contributed by atoms with van der Waals surface area (Å²) in [5.41, 5.74) is 2.33. The van der Waals surface area contributed by atoms with E-state index in [1.807, 2.05) is 24.3 Å². The molecule has 2 aromatic carbocycles. The van der Waals surface area contributed by atoms with E-state index in [0.717, 1.165) is 41.4 Å². The van der Waals surface area contributed by atoms with Crippen molar-refractivity contribution in [3.8, 4) is 23.0 Å². The van der Waals surface area contributed by atoms with Crippen LogP contribution in [-0.2, 0) is 0 Å². The highest BCUT2D eigenvalue weighted by Crippen LogP contribution is 2.39. The van der Waals surface area contributed by atoms with E-state index in [2.05, 4.69) is 36.4 Å². The van der Waals surface area contributed by atoms with Gasteiger partial charge in [-0.05, 0) is 54.2 Å². The van der Waals surface area contributed by atoms with E-state index in [9.17, 15) is 0 Å². The second-order valence-electron chi connectivity index (χ2n) is 6.78. The third-order valence-electron chi connectivity index (χ3n) is 5.21. The van der Waals surface area contributed by atoms with Crippen LogP contribution in [0.25, 0.3) is 6.08 Å². The predicted molar refractivity (Wildman–Crippen MR) is 113 cm³/mol. The summed E-state index contributed by atoms with van der Waals surface area (Å²) in [5.74, 6) is 3.72. The van der Waals surface area contributed by atoms with Gasteiger partial charge in [0.15, 0.2) is 23.0 Å². The minimum absolute atomic E-state index is 0.310. The Morgan fingerprint density at radius 3 is 2.11 bits per heavy atom. The molecule has 0 bridgehead atoms. The third-order valence-corrected chi connectivity index (χ3v) is 5.21. The van der Waals surface area contributed by atoms with Crippen molar-refractivity contribution in [1.82, 2.24) is 0 Å². The molecule has 4 heteroatoms. The molecule has 0 amide bonds. The zero-order valence-electron chi connectivity index (χ0n) is 17.0. The fraction of sp³-hybridized carbons (Fsp3) is 0.333. The van der Waals surface area contributed by atoms with Crippen molar-refractivity contribution in [2.24, 2.45) is 5.92 Å². The minimum Gasteiger partial charge on any atom is -0.493 e. The predicted octanol–water partition coefficient (Wildman–Crippen LogP) is 5.48. The largest absolute Gasteiger partial charge is 0.493 e. The first kappa shape index (κ1) is 19.9. The van der Waals surface area contributed by atoms with Crippen molar-refractivity contribution in [2.45, 2.75) is 18.8 Å². The quantitative estimate of drug-likeness (QED) is 0.596. The molecule has 0 radical (unpaired) electrons. The number of hydrogen-bond donors (Lipinski definition) is 0. The highest BCUT2D eigenvalue weighted by Gasteiger charge is 2.22. The summed E-state index contributed by atoms with van der Waals surface area (Å²) in [7, 11) is 6.64. The van der Waals surface area contributed by atoms with E-state index in [-0.39, 0.29) is 0 Å². The molecule has 4 nitrogen and oxygen atoms in total. The molecule has 0 saturated carbocycles. The van der Waals surface area contributed by atoms with Crippen LogP contribution in [0.2, 0.25) is 0 Å². The summed E-state index contributed by atoms with van der Waals surface area (Å²) in [5, 5.41) is 0. The van der Waals surface area contributed by atoms with Gasteiger partial charge in [-0.25, -0.2) is 0 Å². The number of benzene rings is 2. The first-order valence-electron chi connectivity index (χ1n) is 9.49. The lowest BCUT2D eigenvalue weighted by atomic mass is 9.79. The van der Waals surface area contributed by atoms with Crippen molar-refractivity contribution >= 4 is 6.08 Å². The monoisotopic (exact) mass is 380 g/mol. The van der Waals surface area contributed by atoms with Crippen molar-refractivity contribution in [2.75, 3.05) is 28.4 Å². The fourth-order valence-electron chi connectivity index (χ4n) is 3.68. The third kappa shape index (κ3) is 4.33. The number of rotatable bonds is 7. The van der Waals surface area contributed by atoms with Gasteiger partial charge in [0.05, 0.1) is 28.4 Å². The van der Waals surface area contributed by atoms with Crippen LogP contribution in [0.15, 0.2) is 54.6 Å². The summed E-state index contributed by atoms with van der Waals surface area (Å²) in [6, 6.07) is 12.2. The van der Waals surface area contributed by atoms with E-state index < -0.39 is 0 Å². The average Bonchev–Trinajstić information content (AvgIpc) is 2.77. The molecule has 1 aliphatic carbocycles. The Labute approximate surface area is 167 Å². The Balaban J connectivity index is 1.85. The van der Waals surface area contributed by atoms with Gasteiger partial charge in [-0.2, -0.15) is 0 Å². The van der Waals surface area contributed by atoms with Crippen LogP contribution in [0.1, 0.15) is 29.9 Å². The summed E-state index contributed by atoms with van der Waals surface area (Å²) < 4.78 is 21.6. The first-order valence-corrected chi connectivity index (χ1v) is 9.49. The van der Waals surface area contributed by atoms with Crippen molar-refractivity contribution < 1.29 is 18.9 Å². The summed E-state index contributed by atoms with van der Waals surface area (Å²) in [6.45, 7) is 0. The van der Waals surface area contributed by atoms with Crippen molar-refractivity contribution in [3.05, 3.63) is 65.8 Å². The van der Waals surface area contributed by atoms with E-state index in [1.165, 1.54) is 5.56 Å². The van der Waals surface area contributed by atoms with Gasteiger partial charge in [0.2, 0.25) is 0 Å². The lowest BCUT2D eigenvalue weighted by Gasteiger charge is -2.26. The fourth-order valence-corrected chi connectivity index (χ4v) is 3.68. The zero-order chi connectivity index (χ0) is 19.9. The van der Waals surface area contributed by atoms with Gasteiger partial charge in [0.25, 0.3) is 0 Å². The standard InChI is InChI=1S/C24H28O4/c1-25-21-13-10-17(15-23(21)27-3)9-11-18-7-5-6-8-20(18)19-12-14-22(26-2)24(16-19)28-4/h6,8-16,18,20H,5,7H2,1-4H3/b11-9+. The summed E-state index contributed by atoms with van der Waals surface area (Å²) in [4.78, 5) is 0. The Hall–Kier alpha value is -2.88. The molecule has 3 rings (SSSR count). The van der Waals surface area contributed by atoms with Gasteiger partial charge in [0.1, 0.15) is 0 Å². The first-order chi connectivity index (χ1) is 13.7. The highest BCUT2D eigenvalue weighted by atomic mass is 16.5. The smallest absolute Gasteiger partial charge is 0.161 e. The molecule has 0 spiro atoms. The maximum atomic E-state index is 5.49. The highest BCUT2D eigenvalue weighted by molar-refractivity contribution is 5.56. The normalized spacial score (nSPS) is 18.9. The molecule has 0 heterocycles. The van der Waals surface area contributed by atoms with Gasteiger partial charge >= 0.3 is 0 Å². The molecule has 1 aliphatic rings. The van der Waals surface area contributed by atoms with Gasteiger partial charge < -0.3 is 18.9 Å². The maximum absolute atomic E-state index is 5.49. The van der Waals surface area contributed by atoms with E-state index >= 15 is 0 Å². The molecular formula is C24H28O4. The molecule has 2 atom stereocenters. The van der Waals surface area contributed by atoms with Crippen molar-refractivity contribution in [3.63, 3.8) is 0 Å². The van der Waals surface area contributed by atoms with Crippen molar-refractivity contribution in [1.29, 1.82) is 0 Å². The Morgan fingerprint density at radius 1 is 0.786 bits per heavy atom. The van der Waals surface area contributed by atoms with Gasteiger partial charge in [0, 0.05) is 5.92 Å². The van der Waals surface area contributed by atoms with Crippen LogP contribution in [0.3, 0.4) is 0 Å². The second kappa shape index (κ2) is 9.36. The van der Waals surface area contributed by atoms with E-state index in [4.69, 9.17) is 18.9 Å². The van der Waals surface area contributed by atoms with Gasteiger partial charge in [-0.15, -0.1) is 0 Å². The molecule has 148 valence electrons. The molecule has 2 unspecified atom stereocenters. The number of methoxy groups -OCH3 is 4. The zero-order valence-corrected chi connectivity index (χ0v) is 17.0. The van der Waals surface area contributed by atoms with E-state index in [0.29, 0.717) is 11.8 Å². The molecule has 0 aliphatic heterocycles. The van der Waals surface area contributed by atoms with Crippen LogP contribution in [0.5, 0.6) is 23.0 Å². The molecule has 2 aromatic rings. The number of hydrogen-bond acceptors (Lipinski definition) is 4. The molecule has 0 saturated heterocycles. The minimum atomic E-state index is 0.310. The summed E-state index contributed by atoms with van der Waals surface area (Å²) >= 11 is 0. The van der Waals surface area contributed by atoms with Crippen LogP contribution < -0.4 is 18.9 Å². The maximum Gasteiger partial charge on any atom is 0.161 e. The Morgan fingerprint density at radius 2 is 1.43 bits per heavy atom. The topological polar surface area (TPSA) is 36.9 Å². The van der Waals surface area contributed by atoms with E-state index in [1.54, 1.807) is 28.4 Å². The van der Waals surface area contributed by atoms with Crippen LogP contribution in [-0.4, -0.2) is 28.4 Å². The molecule has 28 heavy (non-hydrogen) atoms. The lowest BCUT2D eigenvalue weighted by Crippen LogP contribution is -2.12. The van der Waals surface area contributed by atoms with Crippen LogP contribution in [0.4, 0.5) is 0 Å². The van der Waals surface area contributed by atoms with Gasteiger partial charge in [-0.3, -0.25) is 0 Å². The second-order valence-corrected chi connectivity index (χ2v) is 6.78. The van der Waals surface area contributed by atoms with Gasteiger partial charge in [-0.1, -0.05) is 36.4 Å². The number of ether oxygens (including phenoxy) is 4. The molecule has 0 fully saturated rings. The lowest BCUT2D eigenvalue weighted by molar-refractivity contribution is 0.354. The Kier molecular flexibility index (Phi) is 6.64. The Bertz CT molecular complexity index is 854. The molecular weight excluding hydrogens is 352 g/mol. The number of allylic oxidation sites excluding steroid dienone is 3.